The third-order valence-electron chi connectivity index (χ3n) is 5.53. The number of carbonyl (C=O) groups is 1. The summed E-state index contributed by atoms with van der Waals surface area (Å²) in [7, 11) is 0. The Balaban J connectivity index is 1.47. The van der Waals surface area contributed by atoms with Crippen LogP contribution in [0.5, 0.6) is 0 Å². The van der Waals surface area contributed by atoms with Crippen molar-refractivity contribution < 1.29 is 14.3 Å². The third kappa shape index (κ3) is 6.89. The maximum absolute atomic E-state index is 11.9. The highest BCUT2D eigenvalue weighted by molar-refractivity contribution is 5.87. The number of ether oxygens (including phenoxy) is 2. The van der Waals surface area contributed by atoms with Crippen LogP contribution >= 0.6 is 0 Å². The molecule has 3 aromatic rings. The minimum Gasteiger partial charge on any atom is -0.457 e. The zero-order chi connectivity index (χ0) is 24.0. The van der Waals surface area contributed by atoms with Crippen molar-refractivity contribution in [2.75, 3.05) is 26.3 Å². The van der Waals surface area contributed by atoms with Crippen molar-refractivity contribution in [2.45, 2.75) is 39.3 Å². The summed E-state index contributed by atoms with van der Waals surface area (Å²) in [5.41, 5.74) is 4.88. The maximum atomic E-state index is 11.9. The number of esters is 1. The van der Waals surface area contributed by atoms with E-state index in [0.29, 0.717) is 6.42 Å². The first-order chi connectivity index (χ1) is 16.4. The minimum absolute atomic E-state index is 0.339. The lowest BCUT2D eigenvalue weighted by molar-refractivity contribution is -0.148. The largest absolute Gasteiger partial charge is 0.457 e. The molecule has 6 heteroatoms. The normalized spacial score (nSPS) is 15.0. The molecule has 1 aliphatic rings. The van der Waals surface area contributed by atoms with Crippen molar-refractivity contribution in [1.82, 2.24) is 14.9 Å². The highest BCUT2D eigenvalue weighted by atomic mass is 16.6. The van der Waals surface area contributed by atoms with E-state index in [4.69, 9.17) is 14.5 Å². The van der Waals surface area contributed by atoms with Gasteiger partial charge in [0, 0.05) is 37.7 Å². The van der Waals surface area contributed by atoms with Gasteiger partial charge in [0.05, 0.1) is 24.6 Å². The van der Waals surface area contributed by atoms with Crippen LogP contribution in [0.15, 0.2) is 60.7 Å². The van der Waals surface area contributed by atoms with E-state index >= 15 is 0 Å². The highest BCUT2D eigenvalue weighted by Gasteiger charge is 2.18. The quantitative estimate of drug-likeness (QED) is 0.404. The third-order valence-corrected chi connectivity index (χ3v) is 5.53. The summed E-state index contributed by atoms with van der Waals surface area (Å²) in [6, 6.07) is 18.5. The molecule has 0 atom stereocenters. The Kier molecular flexibility index (Phi) is 7.60. The number of nitrogens with one attached hydrogen (secondary N) is 1. The molecule has 178 valence electrons. The highest BCUT2D eigenvalue weighted by Crippen LogP contribution is 2.24. The number of aromatic nitrogens is 2. The molecule has 2 aromatic carbocycles. The lowest BCUT2D eigenvalue weighted by Crippen LogP contribution is -2.35. The lowest BCUT2D eigenvalue weighted by atomic mass is 10.1. The van der Waals surface area contributed by atoms with Crippen molar-refractivity contribution in [3.63, 3.8) is 0 Å². The molecule has 0 unspecified atom stereocenters. The molecular weight excluding hydrogens is 426 g/mol. The molecule has 6 nitrogen and oxygen atoms in total. The first-order valence-corrected chi connectivity index (χ1v) is 11.8. The van der Waals surface area contributed by atoms with Crippen LogP contribution in [0.3, 0.4) is 0 Å². The standard InChI is InChI=1S/C28H33N3O3/c1-28(2,3)34-26(32)14-13-21-9-11-22(12-10-21)19-25-29-24(20-31-15-17-33-18-16-31)27(30-25)23-7-5-4-6-8-23/h4-14H,15-20H2,1-3H3,(H,29,30)/b14-13+. The first-order valence-electron chi connectivity index (χ1n) is 11.8. The predicted octanol–water partition coefficient (Wildman–Crippen LogP) is 4.85. The summed E-state index contributed by atoms with van der Waals surface area (Å²) in [6.07, 6.45) is 3.95. The molecule has 1 aromatic heterocycles. The Morgan fingerprint density at radius 2 is 1.79 bits per heavy atom. The van der Waals surface area contributed by atoms with Gasteiger partial charge in [0.1, 0.15) is 11.4 Å². The fourth-order valence-corrected chi connectivity index (χ4v) is 3.92. The summed E-state index contributed by atoms with van der Waals surface area (Å²) >= 11 is 0. The molecule has 1 N–H and O–H groups in total. The van der Waals surface area contributed by atoms with Crippen LogP contribution in [0.4, 0.5) is 0 Å². The number of carbonyl (C=O) groups excluding carboxylic acids is 1. The van der Waals surface area contributed by atoms with E-state index in [0.717, 1.165) is 66.8 Å². The van der Waals surface area contributed by atoms with Gasteiger partial charge in [-0.15, -0.1) is 0 Å². The van der Waals surface area contributed by atoms with Gasteiger partial charge in [0.15, 0.2) is 0 Å². The Bertz CT molecular complexity index is 1110. The molecule has 0 bridgehead atoms. The molecule has 34 heavy (non-hydrogen) atoms. The maximum Gasteiger partial charge on any atom is 0.331 e. The van der Waals surface area contributed by atoms with Gasteiger partial charge in [-0.2, -0.15) is 0 Å². The molecule has 0 aliphatic carbocycles. The van der Waals surface area contributed by atoms with E-state index in [9.17, 15) is 4.79 Å². The first kappa shape index (κ1) is 23.9. The number of imidazole rings is 1. The minimum atomic E-state index is -0.493. The average molecular weight is 460 g/mol. The van der Waals surface area contributed by atoms with Crippen LogP contribution in [0.1, 0.15) is 43.4 Å². The fraction of sp³-hybridized carbons (Fsp3) is 0.357. The average Bonchev–Trinajstić information content (AvgIpc) is 3.21. The zero-order valence-electron chi connectivity index (χ0n) is 20.2. The number of morpholine rings is 1. The van der Waals surface area contributed by atoms with Crippen LogP contribution in [0.2, 0.25) is 0 Å². The molecule has 0 amide bonds. The van der Waals surface area contributed by atoms with Gasteiger partial charge in [0.2, 0.25) is 0 Å². The van der Waals surface area contributed by atoms with Crippen molar-refractivity contribution >= 4 is 12.0 Å². The molecule has 4 rings (SSSR count). The molecular formula is C28H33N3O3. The van der Waals surface area contributed by atoms with Crippen molar-refractivity contribution in [2.24, 2.45) is 0 Å². The van der Waals surface area contributed by atoms with Gasteiger partial charge in [-0.05, 0) is 38.0 Å². The number of hydrogen-bond donors (Lipinski definition) is 1. The van der Waals surface area contributed by atoms with Gasteiger partial charge in [0.25, 0.3) is 0 Å². The zero-order valence-corrected chi connectivity index (χ0v) is 20.2. The van der Waals surface area contributed by atoms with E-state index in [1.165, 1.54) is 6.08 Å². The van der Waals surface area contributed by atoms with Gasteiger partial charge < -0.3 is 14.5 Å². The second-order valence-corrected chi connectivity index (χ2v) is 9.55. The topological polar surface area (TPSA) is 67.4 Å². The Hall–Kier alpha value is -3.22. The van der Waals surface area contributed by atoms with E-state index in [2.05, 4.69) is 34.1 Å². The van der Waals surface area contributed by atoms with E-state index in [1.807, 2.05) is 51.1 Å². The van der Waals surface area contributed by atoms with Crippen LogP contribution in [0.25, 0.3) is 17.3 Å². The number of hydrogen-bond acceptors (Lipinski definition) is 5. The SMILES string of the molecule is CC(C)(C)OC(=O)/C=C/c1ccc(Cc2nc(-c3ccccc3)c(CN3CCOCC3)[nH]2)cc1. The Labute approximate surface area is 201 Å². The molecule has 0 radical (unpaired) electrons. The second kappa shape index (κ2) is 10.8. The van der Waals surface area contributed by atoms with Crippen LogP contribution in [0, 0.1) is 0 Å². The monoisotopic (exact) mass is 459 g/mol. The van der Waals surface area contributed by atoms with Gasteiger partial charge in [-0.1, -0.05) is 54.6 Å². The van der Waals surface area contributed by atoms with Crippen LogP contribution < -0.4 is 0 Å². The lowest BCUT2D eigenvalue weighted by Gasteiger charge is -2.26. The molecule has 2 heterocycles. The Morgan fingerprint density at radius 3 is 2.47 bits per heavy atom. The molecule has 0 spiro atoms. The van der Waals surface area contributed by atoms with Gasteiger partial charge in [-0.3, -0.25) is 4.90 Å². The van der Waals surface area contributed by atoms with Crippen molar-refractivity contribution in [3.05, 3.63) is 83.3 Å². The van der Waals surface area contributed by atoms with E-state index < -0.39 is 5.60 Å². The summed E-state index contributed by atoms with van der Waals surface area (Å²) in [4.78, 5) is 22.9. The molecule has 1 aliphatic heterocycles. The van der Waals surface area contributed by atoms with Gasteiger partial charge in [-0.25, -0.2) is 9.78 Å². The number of nitrogens with zero attached hydrogens (tertiary/aromatic N) is 2. The fourth-order valence-electron chi connectivity index (χ4n) is 3.92. The number of aromatic amines is 1. The van der Waals surface area contributed by atoms with Crippen molar-refractivity contribution in [3.8, 4) is 11.3 Å². The predicted molar refractivity (Wildman–Crippen MR) is 134 cm³/mol. The second-order valence-electron chi connectivity index (χ2n) is 9.55. The number of rotatable bonds is 7. The number of benzene rings is 2. The van der Waals surface area contributed by atoms with Crippen LogP contribution in [-0.2, 0) is 27.2 Å². The molecule has 1 saturated heterocycles. The van der Waals surface area contributed by atoms with Gasteiger partial charge >= 0.3 is 5.97 Å². The smallest absolute Gasteiger partial charge is 0.331 e. The number of H-pyrrole nitrogens is 1. The summed E-state index contributed by atoms with van der Waals surface area (Å²) < 4.78 is 10.8. The summed E-state index contributed by atoms with van der Waals surface area (Å²) in [5, 5.41) is 0. The summed E-state index contributed by atoms with van der Waals surface area (Å²) in [6.45, 7) is 9.82. The van der Waals surface area contributed by atoms with Crippen LogP contribution in [-0.4, -0.2) is 52.7 Å². The van der Waals surface area contributed by atoms with E-state index in [1.54, 1.807) is 6.08 Å². The van der Waals surface area contributed by atoms with E-state index in [-0.39, 0.29) is 5.97 Å². The molecule has 0 saturated carbocycles. The Morgan fingerprint density at radius 1 is 1.09 bits per heavy atom. The summed E-state index contributed by atoms with van der Waals surface area (Å²) in [5.74, 6) is 0.604. The molecule has 1 fully saturated rings. The van der Waals surface area contributed by atoms with Crippen molar-refractivity contribution in [1.29, 1.82) is 0 Å².